The third-order valence-corrected chi connectivity index (χ3v) is 6.89. The maximum Gasteiger partial charge on any atom is 0.0462 e. The number of para-hydroxylation sites is 1. The van der Waals surface area contributed by atoms with Gasteiger partial charge in [-0.1, -0.05) is 76.6 Å². The monoisotopic (exact) mass is 481 g/mol. The minimum Gasteiger partial charge on any atom is -0.311 e. The lowest BCUT2D eigenvalue weighted by atomic mass is 10.1. The fourth-order valence-corrected chi connectivity index (χ4v) is 4.92. The Labute approximate surface area is 195 Å². The smallest absolute Gasteiger partial charge is 0.0462 e. The van der Waals surface area contributed by atoms with E-state index in [1.54, 1.807) is 0 Å². The summed E-state index contributed by atoms with van der Waals surface area (Å²) in [6, 6.07) is 42.7. The van der Waals surface area contributed by atoms with Crippen LogP contribution in [0.25, 0.3) is 20.9 Å². The Morgan fingerprint density at radius 2 is 0.903 bits per heavy atom. The Bertz CT molecular complexity index is 1260. The largest absolute Gasteiger partial charge is 0.311 e. The van der Waals surface area contributed by atoms with E-state index in [4.69, 9.17) is 0 Å². The van der Waals surface area contributed by atoms with Crippen LogP contribution in [-0.2, 0) is 0 Å². The predicted molar refractivity (Wildman–Crippen MR) is 138 cm³/mol. The Hall–Kier alpha value is -3.14. The van der Waals surface area contributed by atoms with Crippen molar-refractivity contribution in [3.8, 4) is 20.9 Å². The lowest BCUT2D eigenvalue weighted by Gasteiger charge is -2.25. The van der Waals surface area contributed by atoms with E-state index in [1.807, 2.05) is 17.4 Å². The van der Waals surface area contributed by atoms with E-state index in [9.17, 15) is 0 Å². The zero-order chi connectivity index (χ0) is 21.0. The van der Waals surface area contributed by atoms with Crippen LogP contribution >= 0.6 is 27.3 Å². The van der Waals surface area contributed by atoms with E-state index in [0.29, 0.717) is 0 Å². The number of thiophene rings is 1. The molecular formula is C28H20BrNS. The van der Waals surface area contributed by atoms with Crippen molar-refractivity contribution < 1.29 is 0 Å². The molecule has 1 aromatic heterocycles. The van der Waals surface area contributed by atoms with Crippen LogP contribution in [0.15, 0.2) is 126 Å². The molecule has 0 bridgehead atoms. The number of hydrogen-bond donors (Lipinski definition) is 0. The molecule has 150 valence electrons. The summed E-state index contributed by atoms with van der Waals surface area (Å²) in [5, 5.41) is 0. The second-order valence-electron chi connectivity index (χ2n) is 7.22. The summed E-state index contributed by atoms with van der Waals surface area (Å²) < 4.78 is 1.08. The highest BCUT2D eigenvalue weighted by atomic mass is 79.9. The van der Waals surface area contributed by atoms with E-state index < -0.39 is 0 Å². The highest BCUT2D eigenvalue weighted by Crippen LogP contribution is 2.38. The first-order valence-corrected chi connectivity index (χ1v) is 11.8. The average Bonchev–Trinajstić information content (AvgIpc) is 3.33. The zero-order valence-electron chi connectivity index (χ0n) is 16.8. The Morgan fingerprint density at radius 3 is 1.48 bits per heavy atom. The van der Waals surface area contributed by atoms with Crippen molar-refractivity contribution in [3.05, 3.63) is 126 Å². The number of halogens is 1. The molecule has 0 amide bonds. The van der Waals surface area contributed by atoms with Crippen LogP contribution in [0.5, 0.6) is 0 Å². The molecule has 0 unspecified atom stereocenters. The third-order valence-electron chi connectivity index (χ3n) is 5.17. The maximum atomic E-state index is 3.54. The van der Waals surface area contributed by atoms with Crippen molar-refractivity contribution in [2.75, 3.05) is 4.90 Å². The van der Waals surface area contributed by atoms with Gasteiger partial charge in [-0.2, -0.15) is 0 Å². The molecular weight excluding hydrogens is 462 g/mol. The lowest BCUT2D eigenvalue weighted by molar-refractivity contribution is 1.28. The van der Waals surface area contributed by atoms with Gasteiger partial charge in [-0.15, -0.1) is 11.3 Å². The van der Waals surface area contributed by atoms with Crippen molar-refractivity contribution in [1.29, 1.82) is 0 Å². The van der Waals surface area contributed by atoms with Gasteiger partial charge >= 0.3 is 0 Å². The predicted octanol–water partition coefficient (Wildman–Crippen LogP) is 9.31. The highest BCUT2D eigenvalue weighted by molar-refractivity contribution is 9.10. The maximum absolute atomic E-state index is 3.54. The van der Waals surface area contributed by atoms with Gasteiger partial charge in [0.15, 0.2) is 0 Å². The van der Waals surface area contributed by atoms with Crippen molar-refractivity contribution in [3.63, 3.8) is 0 Å². The summed E-state index contributed by atoms with van der Waals surface area (Å²) in [5.41, 5.74) is 5.91. The number of rotatable bonds is 5. The van der Waals surface area contributed by atoms with Gasteiger partial charge in [0, 0.05) is 31.3 Å². The number of benzene rings is 4. The van der Waals surface area contributed by atoms with Gasteiger partial charge in [0.05, 0.1) is 0 Å². The summed E-state index contributed by atoms with van der Waals surface area (Å²) in [6.45, 7) is 0. The summed E-state index contributed by atoms with van der Waals surface area (Å²) in [5.74, 6) is 0. The molecule has 0 aliphatic heterocycles. The first-order chi connectivity index (χ1) is 15.3. The van der Waals surface area contributed by atoms with E-state index in [2.05, 4.69) is 136 Å². The van der Waals surface area contributed by atoms with Crippen molar-refractivity contribution >= 4 is 44.3 Å². The first kappa shape index (κ1) is 19.8. The van der Waals surface area contributed by atoms with Crippen molar-refractivity contribution in [2.24, 2.45) is 0 Å². The molecule has 0 atom stereocenters. The molecule has 0 radical (unpaired) electrons. The summed E-state index contributed by atoms with van der Waals surface area (Å²) in [6.07, 6.45) is 0. The fourth-order valence-electron chi connectivity index (χ4n) is 3.64. The van der Waals surface area contributed by atoms with Crippen LogP contribution in [0, 0.1) is 0 Å². The Kier molecular flexibility index (Phi) is 5.70. The molecule has 1 heterocycles. The summed E-state index contributed by atoms with van der Waals surface area (Å²) >= 11 is 5.37. The van der Waals surface area contributed by atoms with Gasteiger partial charge in [0.2, 0.25) is 0 Å². The molecule has 0 saturated carbocycles. The van der Waals surface area contributed by atoms with Crippen LogP contribution in [0.2, 0.25) is 0 Å². The molecule has 0 aliphatic rings. The normalized spacial score (nSPS) is 10.7. The lowest BCUT2D eigenvalue weighted by Crippen LogP contribution is -2.09. The van der Waals surface area contributed by atoms with E-state index in [0.717, 1.165) is 21.5 Å². The molecule has 0 spiro atoms. The average molecular weight is 482 g/mol. The van der Waals surface area contributed by atoms with Crippen LogP contribution in [-0.4, -0.2) is 0 Å². The van der Waals surface area contributed by atoms with Crippen LogP contribution in [0.3, 0.4) is 0 Å². The first-order valence-electron chi connectivity index (χ1n) is 10.1. The van der Waals surface area contributed by atoms with E-state index >= 15 is 0 Å². The minimum absolute atomic E-state index is 1.08. The number of hydrogen-bond acceptors (Lipinski definition) is 2. The molecule has 3 heteroatoms. The molecule has 1 nitrogen and oxygen atoms in total. The van der Waals surface area contributed by atoms with E-state index in [1.165, 1.54) is 20.9 Å². The third kappa shape index (κ3) is 4.34. The molecule has 5 rings (SSSR count). The van der Waals surface area contributed by atoms with Gasteiger partial charge in [0.1, 0.15) is 0 Å². The van der Waals surface area contributed by atoms with Crippen molar-refractivity contribution in [1.82, 2.24) is 0 Å². The Morgan fingerprint density at radius 1 is 0.452 bits per heavy atom. The second-order valence-corrected chi connectivity index (χ2v) is 9.22. The SMILES string of the molecule is Brc1ccc(N(c2ccccc2)c2ccc(-c3ccc(-c4ccccc4)s3)cc2)cc1. The van der Waals surface area contributed by atoms with Crippen LogP contribution in [0.4, 0.5) is 17.1 Å². The van der Waals surface area contributed by atoms with E-state index in [-0.39, 0.29) is 0 Å². The molecule has 0 fully saturated rings. The summed E-state index contributed by atoms with van der Waals surface area (Å²) in [7, 11) is 0. The highest BCUT2D eigenvalue weighted by Gasteiger charge is 2.13. The zero-order valence-corrected chi connectivity index (χ0v) is 19.2. The Balaban J connectivity index is 1.48. The molecule has 31 heavy (non-hydrogen) atoms. The van der Waals surface area contributed by atoms with Crippen LogP contribution in [0.1, 0.15) is 0 Å². The van der Waals surface area contributed by atoms with Crippen LogP contribution < -0.4 is 4.90 Å². The molecule has 0 N–H and O–H groups in total. The molecule has 0 aliphatic carbocycles. The van der Waals surface area contributed by atoms with Gasteiger partial charge in [-0.3, -0.25) is 0 Å². The second kappa shape index (κ2) is 8.93. The standard InChI is InChI=1S/C28H20BrNS/c29-23-13-17-26(18-14-23)30(24-9-5-2-6-10-24)25-15-11-22(12-16-25)28-20-19-27(31-28)21-7-3-1-4-8-21/h1-20H. The van der Waals surface area contributed by atoms with Crippen molar-refractivity contribution in [2.45, 2.75) is 0 Å². The van der Waals surface area contributed by atoms with Gasteiger partial charge in [-0.25, -0.2) is 0 Å². The van der Waals surface area contributed by atoms with Gasteiger partial charge in [-0.05, 0) is 71.8 Å². The fraction of sp³-hybridized carbons (Fsp3) is 0. The number of anilines is 3. The van der Waals surface area contributed by atoms with Gasteiger partial charge in [0.25, 0.3) is 0 Å². The quantitative estimate of drug-likeness (QED) is 0.241. The minimum atomic E-state index is 1.08. The molecule has 0 saturated heterocycles. The molecule has 5 aromatic rings. The van der Waals surface area contributed by atoms with Gasteiger partial charge < -0.3 is 4.90 Å². The summed E-state index contributed by atoms with van der Waals surface area (Å²) in [4.78, 5) is 4.85. The molecule has 4 aromatic carbocycles. The topological polar surface area (TPSA) is 3.24 Å². The number of nitrogens with zero attached hydrogens (tertiary/aromatic N) is 1.